The van der Waals surface area contributed by atoms with Gasteiger partial charge in [-0.25, -0.2) is 4.98 Å². The molecule has 0 spiro atoms. The molecule has 0 aliphatic carbocycles. The van der Waals surface area contributed by atoms with E-state index in [0.29, 0.717) is 6.54 Å². The highest BCUT2D eigenvalue weighted by molar-refractivity contribution is 5.90. The molecule has 1 heterocycles. The molecule has 5 heteroatoms. The summed E-state index contributed by atoms with van der Waals surface area (Å²) in [5.74, 6) is 0.658. The van der Waals surface area contributed by atoms with Gasteiger partial charge in [0.1, 0.15) is 5.82 Å². The summed E-state index contributed by atoms with van der Waals surface area (Å²) < 4.78 is 0. The van der Waals surface area contributed by atoms with E-state index in [2.05, 4.69) is 20.5 Å². The average molecular weight is 244 g/mol. The molecule has 0 fully saturated rings. The topological polar surface area (TPSA) is 70.7 Å². The average Bonchev–Trinajstić information content (AvgIpc) is 2.86. The molecule has 2 N–H and O–H groups in total. The fourth-order valence-corrected chi connectivity index (χ4v) is 1.62. The van der Waals surface area contributed by atoms with Crippen LogP contribution in [0.3, 0.4) is 0 Å². The van der Waals surface area contributed by atoms with Crippen molar-refractivity contribution in [2.75, 3.05) is 0 Å². The maximum Gasteiger partial charge on any atom is 0.291 e. The number of aromatic nitrogens is 3. The molecule has 18 heavy (non-hydrogen) atoms. The predicted octanol–water partition coefficient (Wildman–Crippen LogP) is 1.61. The Kier molecular flexibility index (Phi) is 3.72. The van der Waals surface area contributed by atoms with E-state index in [1.54, 1.807) is 0 Å². The molecule has 1 amide bonds. The zero-order valence-electron chi connectivity index (χ0n) is 10.5. The number of H-pyrrole nitrogens is 1. The first kappa shape index (κ1) is 12.3. The van der Waals surface area contributed by atoms with Gasteiger partial charge in [0, 0.05) is 13.0 Å². The van der Waals surface area contributed by atoms with Crippen LogP contribution in [0.2, 0.25) is 0 Å². The summed E-state index contributed by atoms with van der Waals surface area (Å²) in [7, 11) is 0. The van der Waals surface area contributed by atoms with Crippen molar-refractivity contribution < 1.29 is 4.79 Å². The van der Waals surface area contributed by atoms with Crippen molar-refractivity contribution in [1.29, 1.82) is 0 Å². The molecule has 0 saturated carbocycles. The summed E-state index contributed by atoms with van der Waals surface area (Å²) in [6, 6.07) is 7.94. The van der Waals surface area contributed by atoms with E-state index in [1.807, 2.05) is 38.1 Å². The standard InChI is InChI=1S/C13H16N4O/c1-3-11-15-12(17-16-11)13(18)14-8-10-7-5-4-6-9(10)2/h4-7H,3,8H2,1-2H3,(H,14,18)(H,15,16,17). The molecule has 2 rings (SSSR count). The molecular formula is C13H16N4O. The maximum atomic E-state index is 11.8. The number of nitrogens with one attached hydrogen (secondary N) is 2. The first-order valence-corrected chi connectivity index (χ1v) is 5.94. The van der Waals surface area contributed by atoms with Crippen LogP contribution in [0.15, 0.2) is 24.3 Å². The molecule has 0 saturated heterocycles. The number of benzene rings is 1. The van der Waals surface area contributed by atoms with Gasteiger partial charge >= 0.3 is 0 Å². The number of hydrogen-bond acceptors (Lipinski definition) is 3. The van der Waals surface area contributed by atoms with E-state index in [9.17, 15) is 4.79 Å². The van der Waals surface area contributed by atoms with Crippen molar-refractivity contribution in [3.63, 3.8) is 0 Å². The molecule has 0 aliphatic heterocycles. The molecule has 2 aromatic rings. The van der Waals surface area contributed by atoms with Crippen LogP contribution in [0.25, 0.3) is 0 Å². The molecule has 5 nitrogen and oxygen atoms in total. The number of nitrogens with zero attached hydrogens (tertiary/aromatic N) is 2. The first-order chi connectivity index (χ1) is 8.70. The van der Waals surface area contributed by atoms with Gasteiger partial charge in [0.2, 0.25) is 5.82 Å². The molecular weight excluding hydrogens is 228 g/mol. The third kappa shape index (κ3) is 2.74. The molecule has 1 aromatic carbocycles. The first-order valence-electron chi connectivity index (χ1n) is 5.94. The summed E-state index contributed by atoms with van der Waals surface area (Å²) in [6.45, 7) is 4.46. The van der Waals surface area contributed by atoms with Crippen molar-refractivity contribution in [2.45, 2.75) is 26.8 Å². The number of aryl methyl sites for hydroxylation is 2. The molecule has 0 aliphatic rings. The fourth-order valence-electron chi connectivity index (χ4n) is 1.62. The van der Waals surface area contributed by atoms with E-state index in [1.165, 1.54) is 0 Å². The van der Waals surface area contributed by atoms with Crippen molar-refractivity contribution >= 4 is 5.91 Å². The summed E-state index contributed by atoms with van der Waals surface area (Å²) in [6.07, 6.45) is 0.734. The number of aromatic amines is 1. The molecule has 1 aromatic heterocycles. The van der Waals surface area contributed by atoms with Gasteiger partial charge in [-0.15, -0.1) is 5.10 Å². The van der Waals surface area contributed by atoms with E-state index in [-0.39, 0.29) is 11.7 Å². The Morgan fingerprint density at radius 3 is 2.83 bits per heavy atom. The molecule has 0 unspecified atom stereocenters. The summed E-state index contributed by atoms with van der Waals surface area (Å²) in [4.78, 5) is 15.9. The van der Waals surface area contributed by atoms with Crippen molar-refractivity contribution in [2.24, 2.45) is 0 Å². The Morgan fingerprint density at radius 2 is 2.17 bits per heavy atom. The van der Waals surface area contributed by atoms with E-state index >= 15 is 0 Å². The SMILES string of the molecule is CCc1nc(C(=O)NCc2ccccc2C)n[nH]1. The van der Waals surface area contributed by atoms with Crippen molar-refractivity contribution in [3.8, 4) is 0 Å². The van der Waals surface area contributed by atoms with Crippen LogP contribution >= 0.6 is 0 Å². The van der Waals surface area contributed by atoms with Gasteiger partial charge in [-0.3, -0.25) is 9.89 Å². The second-order valence-electron chi connectivity index (χ2n) is 4.07. The van der Waals surface area contributed by atoms with Gasteiger partial charge in [0.15, 0.2) is 0 Å². The van der Waals surface area contributed by atoms with Crippen LogP contribution in [-0.2, 0) is 13.0 Å². The third-order valence-corrected chi connectivity index (χ3v) is 2.77. The lowest BCUT2D eigenvalue weighted by atomic mass is 10.1. The van der Waals surface area contributed by atoms with Gasteiger partial charge in [-0.1, -0.05) is 31.2 Å². The lowest BCUT2D eigenvalue weighted by Gasteiger charge is -2.05. The largest absolute Gasteiger partial charge is 0.345 e. The smallest absolute Gasteiger partial charge is 0.291 e. The number of carbonyl (C=O) groups excluding carboxylic acids is 1. The highest BCUT2D eigenvalue weighted by Gasteiger charge is 2.11. The van der Waals surface area contributed by atoms with Crippen LogP contribution in [0.1, 0.15) is 34.5 Å². The Bertz CT molecular complexity index is 547. The molecule has 0 atom stereocenters. The van der Waals surface area contributed by atoms with Crippen molar-refractivity contribution in [3.05, 3.63) is 47.0 Å². The Labute approximate surface area is 106 Å². The number of amides is 1. The third-order valence-electron chi connectivity index (χ3n) is 2.77. The molecule has 0 bridgehead atoms. The summed E-state index contributed by atoms with van der Waals surface area (Å²) in [5, 5.41) is 9.41. The van der Waals surface area contributed by atoms with Crippen LogP contribution in [-0.4, -0.2) is 21.1 Å². The van der Waals surface area contributed by atoms with E-state index in [4.69, 9.17) is 0 Å². The Morgan fingerprint density at radius 1 is 1.39 bits per heavy atom. The Balaban J connectivity index is 1.98. The quantitative estimate of drug-likeness (QED) is 0.858. The second-order valence-corrected chi connectivity index (χ2v) is 4.07. The van der Waals surface area contributed by atoms with Crippen LogP contribution in [0.4, 0.5) is 0 Å². The maximum absolute atomic E-state index is 11.8. The van der Waals surface area contributed by atoms with Crippen LogP contribution in [0.5, 0.6) is 0 Å². The predicted molar refractivity (Wildman–Crippen MR) is 68.1 cm³/mol. The van der Waals surface area contributed by atoms with Gasteiger partial charge in [-0.2, -0.15) is 0 Å². The minimum Gasteiger partial charge on any atom is -0.345 e. The minimum absolute atomic E-state index is 0.195. The zero-order chi connectivity index (χ0) is 13.0. The van der Waals surface area contributed by atoms with Gasteiger partial charge in [0.25, 0.3) is 5.91 Å². The Hall–Kier alpha value is -2.17. The minimum atomic E-state index is -0.255. The van der Waals surface area contributed by atoms with E-state index < -0.39 is 0 Å². The zero-order valence-corrected chi connectivity index (χ0v) is 10.5. The number of hydrogen-bond donors (Lipinski definition) is 2. The molecule has 94 valence electrons. The second kappa shape index (κ2) is 5.44. The number of rotatable bonds is 4. The molecule has 0 radical (unpaired) electrons. The summed E-state index contributed by atoms with van der Waals surface area (Å²) in [5.41, 5.74) is 2.25. The van der Waals surface area contributed by atoms with Gasteiger partial charge in [0.05, 0.1) is 0 Å². The van der Waals surface area contributed by atoms with Gasteiger partial charge < -0.3 is 5.32 Å². The lowest BCUT2D eigenvalue weighted by Crippen LogP contribution is -2.24. The van der Waals surface area contributed by atoms with Crippen LogP contribution < -0.4 is 5.32 Å². The normalized spacial score (nSPS) is 10.3. The monoisotopic (exact) mass is 244 g/mol. The number of carbonyl (C=O) groups is 1. The van der Waals surface area contributed by atoms with Crippen molar-refractivity contribution in [1.82, 2.24) is 20.5 Å². The lowest BCUT2D eigenvalue weighted by molar-refractivity contribution is 0.0941. The summed E-state index contributed by atoms with van der Waals surface area (Å²) >= 11 is 0. The van der Waals surface area contributed by atoms with Crippen LogP contribution in [0, 0.1) is 6.92 Å². The van der Waals surface area contributed by atoms with E-state index in [0.717, 1.165) is 23.4 Å². The fraction of sp³-hybridized carbons (Fsp3) is 0.308. The van der Waals surface area contributed by atoms with Gasteiger partial charge in [-0.05, 0) is 18.1 Å². The highest BCUT2D eigenvalue weighted by Crippen LogP contribution is 2.06. The highest BCUT2D eigenvalue weighted by atomic mass is 16.2.